The average Bonchev–Trinajstić information content (AvgIpc) is 3.66. The Balaban J connectivity index is 2.25. The Morgan fingerprint density at radius 3 is 2.41 bits per heavy atom. The third-order valence-electron chi connectivity index (χ3n) is 6.50. The van der Waals surface area contributed by atoms with Crippen LogP contribution in [0.4, 0.5) is 4.79 Å². The second kappa shape index (κ2) is 14.9. The summed E-state index contributed by atoms with van der Waals surface area (Å²) in [6.07, 6.45) is 9.12. The van der Waals surface area contributed by atoms with Crippen molar-refractivity contribution >= 4 is 45.6 Å². The molecule has 2 aliphatic rings. The number of ether oxygens (including phenoxy) is 1. The lowest BCUT2D eigenvalue weighted by Crippen LogP contribution is -2.62. The van der Waals surface area contributed by atoms with Crippen LogP contribution >= 0.6 is 11.8 Å². The van der Waals surface area contributed by atoms with E-state index in [2.05, 4.69) is 28.5 Å². The fourth-order valence-corrected chi connectivity index (χ4v) is 6.12. The number of carbonyl (C=O) groups is 4. The van der Waals surface area contributed by atoms with Crippen LogP contribution in [-0.2, 0) is 29.1 Å². The van der Waals surface area contributed by atoms with Gasteiger partial charge >= 0.3 is 6.09 Å². The van der Waals surface area contributed by atoms with Crippen LogP contribution in [0.1, 0.15) is 65.7 Å². The van der Waals surface area contributed by atoms with Gasteiger partial charge in [-0.05, 0) is 77.7 Å². The number of unbranched alkanes of at least 4 members (excludes halogenated alkanes) is 1. The molecule has 1 aliphatic carbocycles. The van der Waals surface area contributed by atoms with Crippen LogP contribution in [0, 0.1) is 0 Å². The van der Waals surface area contributed by atoms with E-state index in [-0.39, 0.29) is 25.8 Å². The van der Waals surface area contributed by atoms with Gasteiger partial charge in [0, 0.05) is 6.54 Å². The number of likely N-dealkylation sites (tertiary alicyclic amines) is 1. The first-order valence-corrected chi connectivity index (χ1v) is 16.6. The van der Waals surface area contributed by atoms with Gasteiger partial charge in [-0.25, -0.2) is 13.2 Å². The van der Waals surface area contributed by atoms with Gasteiger partial charge in [-0.2, -0.15) is 11.8 Å². The van der Waals surface area contributed by atoms with Crippen LogP contribution in [0.2, 0.25) is 0 Å². The van der Waals surface area contributed by atoms with Gasteiger partial charge in [-0.15, -0.1) is 6.58 Å². The van der Waals surface area contributed by atoms with Crippen LogP contribution in [0.5, 0.6) is 0 Å². The molecule has 0 aromatic heterocycles. The number of amides is 4. The normalized spacial score (nSPS) is 19.0. The summed E-state index contributed by atoms with van der Waals surface area (Å²) < 4.78 is 32.6. The van der Waals surface area contributed by atoms with Crippen LogP contribution in [-0.4, -0.2) is 84.7 Å². The van der Waals surface area contributed by atoms with Gasteiger partial charge in [-0.3, -0.25) is 19.1 Å². The molecule has 1 saturated carbocycles. The van der Waals surface area contributed by atoms with Crippen molar-refractivity contribution < 1.29 is 32.3 Å². The predicted molar refractivity (Wildman–Crippen MR) is 161 cm³/mol. The van der Waals surface area contributed by atoms with Crippen molar-refractivity contribution in [1.82, 2.24) is 20.3 Å². The third-order valence-corrected chi connectivity index (χ3v) is 9.01. The highest BCUT2D eigenvalue weighted by atomic mass is 32.2. The number of nitrogens with zero attached hydrogens (tertiary/aromatic N) is 1. The van der Waals surface area contributed by atoms with E-state index in [0.717, 1.165) is 18.6 Å². The third kappa shape index (κ3) is 10.8. The number of rotatable bonds is 15. The number of thioether (sulfide) groups is 1. The molecule has 11 nitrogen and oxygen atoms in total. The molecule has 0 unspecified atom stereocenters. The number of allylic oxidation sites excluding steroid dienone is 1. The molecular weight excluding hydrogens is 568 g/mol. The lowest BCUT2D eigenvalue weighted by atomic mass is 9.89. The molecule has 0 radical (unpaired) electrons. The van der Waals surface area contributed by atoms with Crippen molar-refractivity contribution in [3.63, 3.8) is 0 Å². The molecule has 0 bridgehead atoms. The first kappa shape index (κ1) is 34.4. The van der Waals surface area contributed by atoms with E-state index >= 15 is 0 Å². The number of hydrogen-bond acceptors (Lipinski definition) is 8. The van der Waals surface area contributed by atoms with Crippen molar-refractivity contribution in [2.24, 2.45) is 0 Å². The summed E-state index contributed by atoms with van der Waals surface area (Å²) in [4.78, 5) is 53.5. The number of nitrogens with one attached hydrogen (secondary N) is 3. The van der Waals surface area contributed by atoms with Crippen LogP contribution in [0.3, 0.4) is 0 Å². The highest BCUT2D eigenvalue weighted by Crippen LogP contribution is 2.29. The molecule has 4 amide bonds. The number of hydrogen-bond donors (Lipinski definition) is 3. The Hall–Kier alpha value is -2.80. The molecule has 230 valence electrons. The quantitative estimate of drug-likeness (QED) is 0.189. The van der Waals surface area contributed by atoms with E-state index in [4.69, 9.17) is 4.74 Å². The highest BCUT2D eigenvalue weighted by molar-refractivity contribution is 7.98. The first-order chi connectivity index (χ1) is 19.1. The van der Waals surface area contributed by atoms with E-state index in [9.17, 15) is 27.6 Å². The van der Waals surface area contributed by atoms with Gasteiger partial charge in [0.15, 0.2) is 0 Å². The largest absolute Gasteiger partial charge is 0.444 e. The molecule has 3 N–H and O–H groups in total. The summed E-state index contributed by atoms with van der Waals surface area (Å²) in [6, 6.07) is -1.00. The first-order valence-electron chi connectivity index (χ1n) is 13.7. The minimum Gasteiger partial charge on any atom is -0.444 e. The van der Waals surface area contributed by atoms with E-state index in [1.165, 1.54) is 11.0 Å². The average molecular weight is 613 g/mol. The summed E-state index contributed by atoms with van der Waals surface area (Å²) in [6.45, 7) is 12.4. The van der Waals surface area contributed by atoms with Crippen LogP contribution in [0.25, 0.3) is 0 Å². The van der Waals surface area contributed by atoms with Crippen molar-refractivity contribution in [2.45, 2.75) is 88.1 Å². The summed E-state index contributed by atoms with van der Waals surface area (Å²) in [5.41, 5.74) is -1.77. The predicted octanol–water partition coefficient (Wildman–Crippen LogP) is 2.80. The maximum atomic E-state index is 13.7. The Morgan fingerprint density at radius 2 is 1.83 bits per heavy atom. The van der Waals surface area contributed by atoms with Crippen molar-refractivity contribution in [2.75, 3.05) is 25.1 Å². The molecule has 41 heavy (non-hydrogen) atoms. The second-order valence-corrected chi connectivity index (χ2v) is 14.3. The molecule has 1 aliphatic heterocycles. The highest BCUT2D eigenvalue weighted by Gasteiger charge is 2.46. The van der Waals surface area contributed by atoms with Gasteiger partial charge in [0.25, 0.3) is 5.91 Å². The smallest absolute Gasteiger partial charge is 0.408 e. The lowest BCUT2D eigenvalue weighted by Gasteiger charge is -2.34. The number of alkyl carbamates (subject to hydrolysis) is 1. The lowest BCUT2D eigenvalue weighted by molar-refractivity contribution is -0.140. The van der Waals surface area contributed by atoms with E-state index in [0.29, 0.717) is 18.4 Å². The fourth-order valence-electron chi connectivity index (χ4n) is 4.29. The van der Waals surface area contributed by atoms with Gasteiger partial charge in [0.1, 0.15) is 23.7 Å². The van der Waals surface area contributed by atoms with Crippen LogP contribution in [0.15, 0.2) is 37.0 Å². The Labute approximate surface area is 248 Å². The maximum Gasteiger partial charge on any atom is 0.408 e. The van der Waals surface area contributed by atoms with Gasteiger partial charge in [-0.1, -0.05) is 30.4 Å². The zero-order valence-electron chi connectivity index (χ0n) is 24.5. The summed E-state index contributed by atoms with van der Waals surface area (Å²) in [5.74, 6) is -1.05. The SMILES string of the molecule is C=CC[C@](C/C=C\CCCSC)(NC(=O)[C@@H]1CC(=C)CN1C(=O)CNC(=O)OC(C)(C)C)C(=O)NS(=O)(=O)C1CC1. The topological polar surface area (TPSA) is 151 Å². The summed E-state index contributed by atoms with van der Waals surface area (Å²) in [7, 11) is -3.89. The molecule has 0 spiro atoms. The van der Waals surface area contributed by atoms with Crippen molar-refractivity contribution in [3.8, 4) is 0 Å². The van der Waals surface area contributed by atoms with Crippen molar-refractivity contribution in [3.05, 3.63) is 37.0 Å². The van der Waals surface area contributed by atoms with Gasteiger partial charge in [0.2, 0.25) is 21.8 Å². The Kier molecular flexibility index (Phi) is 12.5. The summed E-state index contributed by atoms with van der Waals surface area (Å²) >= 11 is 1.72. The zero-order chi connectivity index (χ0) is 30.8. The molecule has 0 aromatic carbocycles. The molecular formula is C28H44N4O7S2. The van der Waals surface area contributed by atoms with Gasteiger partial charge in [0.05, 0.1) is 5.25 Å². The Morgan fingerprint density at radius 1 is 1.15 bits per heavy atom. The van der Waals surface area contributed by atoms with E-state index < -0.39 is 62.8 Å². The van der Waals surface area contributed by atoms with Crippen molar-refractivity contribution in [1.29, 1.82) is 0 Å². The molecule has 13 heteroatoms. The van der Waals surface area contributed by atoms with E-state index in [1.807, 2.05) is 12.3 Å². The minimum atomic E-state index is -3.89. The number of sulfonamides is 1. The Bertz CT molecular complexity index is 1140. The number of carbonyl (C=O) groups excluding carboxylic acids is 4. The van der Waals surface area contributed by atoms with Crippen LogP contribution < -0.4 is 15.4 Å². The second-order valence-electron chi connectivity index (χ2n) is 11.4. The minimum absolute atomic E-state index is 0.0257. The molecule has 2 rings (SSSR count). The molecule has 0 aromatic rings. The fraction of sp³-hybridized carbons (Fsp3) is 0.643. The summed E-state index contributed by atoms with van der Waals surface area (Å²) in [5, 5.41) is 4.54. The van der Waals surface area contributed by atoms with E-state index in [1.54, 1.807) is 38.6 Å². The zero-order valence-corrected chi connectivity index (χ0v) is 26.1. The standard InChI is InChI=1S/C28H44N4O7S2/c1-7-14-28(15-10-8-9-11-16-40-6,25(35)31-41(37,38)21-12-13-21)30-24(34)22-17-20(2)19-32(22)23(33)18-29-26(36)39-27(3,4)5/h7-8,10,21-22H,1-2,9,11-19H2,3-6H3,(H,29,36)(H,30,34)(H,31,35)/b10-8-/t22-,28+/m0/s1. The molecule has 2 fully saturated rings. The molecule has 2 atom stereocenters. The molecule has 1 heterocycles. The monoisotopic (exact) mass is 612 g/mol. The van der Waals surface area contributed by atoms with Gasteiger partial charge < -0.3 is 20.3 Å². The maximum absolute atomic E-state index is 13.7. The molecule has 1 saturated heterocycles.